The number of carbonyl (C=O) groups excluding carboxylic acids is 3. The molecule has 9 heteroatoms. The fraction of sp³-hybridized carbons (Fsp3) is 0.577. The summed E-state index contributed by atoms with van der Waals surface area (Å²) in [6, 6.07) is 3.11. The highest BCUT2D eigenvalue weighted by molar-refractivity contribution is 7.98. The Morgan fingerprint density at radius 2 is 1.80 bits per heavy atom. The Labute approximate surface area is 222 Å². The van der Waals surface area contributed by atoms with Crippen LogP contribution in [0.2, 0.25) is 10.0 Å². The van der Waals surface area contributed by atoms with Gasteiger partial charge in [-0.05, 0) is 49.1 Å². The lowest BCUT2D eigenvalue weighted by Gasteiger charge is -2.32. The number of hydrogen-bond donors (Lipinski definition) is 1. The molecule has 6 nitrogen and oxygen atoms in total. The Morgan fingerprint density at radius 1 is 1.11 bits per heavy atom. The lowest BCUT2D eigenvalue weighted by molar-refractivity contribution is -0.146. The molecule has 1 aliphatic heterocycles. The maximum atomic E-state index is 12.9. The van der Waals surface area contributed by atoms with Crippen molar-refractivity contribution in [1.82, 2.24) is 10.2 Å². The van der Waals surface area contributed by atoms with Gasteiger partial charge in [-0.2, -0.15) is 0 Å². The summed E-state index contributed by atoms with van der Waals surface area (Å²) in [5.41, 5.74) is 0.684. The number of nitrogens with zero attached hydrogens (tertiary/aromatic N) is 1. The molecule has 35 heavy (non-hydrogen) atoms. The molecule has 3 rings (SSSR count). The van der Waals surface area contributed by atoms with Crippen molar-refractivity contribution in [2.24, 2.45) is 11.8 Å². The summed E-state index contributed by atoms with van der Waals surface area (Å²) in [7, 11) is 1.36. The van der Waals surface area contributed by atoms with Crippen molar-refractivity contribution in [3.63, 3.8) is 0 Å². The van der Waals surface area contributed by atoms with Crippen LogP contribution in [0.25, 0.3) is 6.08 Å². The van der Waals surface area contributed by atoms with Crippen molar-refractivity contribution in [3.8, 4) is 0 Å². The van der Waals surface area contributed by atoms with E-state index in [1.54, 1.807) is 11.0 Å². The van der Waals surface area contributed by atoms with Crippen LogP contribution in [0.15, 0.2) is 23.1 Å². The van der Waals surface area contributed by atoms with Gasteiger partial charge >= 0.3 is 5.97 Å². The minimum absolute atomic E-state index is 0.130. The maximum absolute atomic E-state index is 12.9. The van der Waals surface area contributed by atoms with Crippen LogP contribution < -0.4 is 5.32 Å². The van der Waals surface area contributed by atoms with Gasteiger partial charge < -0.3 is 15.0 Å². The van der Waals surface area contributed by atoms with Crippen LogP contribution in [0.1, 0.15) is 56.9 Å². The van der Waals surface area contributed by atoms with Crippen molar-refractivity contribution in [2.75, 3.05) is 26.5 Å². The van der Waals surface area contributed by atoms with E-state index in [-0.39, 0.29) is 23.7 Å². The molecule has 1 aliphatic carbocycles. The predicted molar refractivity (Wildman–Crippen MR) is 142 cm³/mol. The second kappa shape index (κ2) is 13.6. The third-order valence-electron chi connectivity index (χ3n) is 6.98. The molecule has 0 unspecified atom stereocenters. The van der Waals surface area contributed by atoms with Gasteiger partial charge in [0.05, 0.1) is 17.2 Å². The number of rotatable bonds is 8. The summed E-state index contributed by atoms with van der Waals surface area (Å²) in [4.78, 5) is 40.5. The van der Waals surface area contributed by atoms with Gasteiger partial charge in [0.15, 0.2) is 0 Å². The van der Waals surface area contributed by atoms with Crippen molar-refractivity contribution in [2.45, 2.75) is 62.3 Å². The Balaban J connectivity index is 1.52. The number of carbonyl (C=O) groups is 3. The zero-order valence-electron chi connectivity index (χ0n) is 20.4. The van der Waals surface area contributed by atoms with E-state index in [9.17, 15) is 14.4 Å². The first-order valence-corrected chi connectivity index (χ1v) is 14.2. The average molecular weight is 542 g/mol. The molecule has 1 aromatic carbocycles. The minimum atomic E-state index is -0.604. The summed E-state index contributed by atoms with van der Waals surface area (Å²) in [5, 5.41) is 3.84. The van der Waals surface area contributed by atoms with Gasteiger partial charge in [-0.25, -0.2) is 4.79 Å². The van der Waals surface area contributed by atoms with Crippen molar-refractivity contribution in [3.05, 3.63) is 33.8 Å². The highest BCUT2D eigenvalue weighted by Crippen LogP contribution is 2.35. The molecule has 2 amide bonds. The standard InChI is InChI=1S/C26H34Cl2N2O4S/c1-34-26(33)20(16-17-6-4-3-5-7-17)29-25(32)19-12-14-30(15-13-19)22(31)11-9-18-8-10-21(35-2)24(28)23(18)27/h8-11,17,19-20H,3-7,12-16H2,1-2H3,(H,29,32)/b11-9+/t20-/m0/s1. The van der Waals surface area contributed by atoms with Crippen LogP contribution in [0.5, 0.6) is 0 Å². The number of esters is 1. The molecular weight excluding hydrogens is 507 g/mol. The Kier molecular flexibility index (Phi) is 10.8. The molecule has 2 fully saturated rings. The van der Waals surface area contributed by atoms with E-state index in [2.05, 4.69) is 5.32 Å². The number of halogens is 2. The van der Waals surface area contributed by atoms with Crippen LogP contribution in [0, 0.1) is 11.8 Å². The van der Waals surface area contributed by atoms with Gasteiger partial charge in [0, 0.05) is 30.0 Å². The molecule has 192 valence electrons. The van der Waals surface area contributed by atoms with Gasteiger partial charge in [0.25, 0.3) is 0 Å². The number of likely N-dealkylation sites (tertiary alicyclic amines) is 1. The number of amides is 2. The third-order valence-corrected chi connectivity index (χ3v) is 8.76. The zero-order valence-corrected chi connectivity index (χ0v) is 22.7. The highest BCUT2D eigenvalue weighted by atomic mass is 35.5. The second-order valence-electron chi connectivity index (χ2n) is 9.24. The lowest BCUT2D eigenvalue weighted by Crippen LogP contribution is -2.48. The molecule has 1 aromatic rings. The van der Waals surface area contributed by atoms with Gasteiger partial charge in [0.1, 0.15) is 6.04 Å². The van der Waals surface area contributed by atoms with E-state index in [4.69, 9.17) is 27.9 Å². The number of methoxy groups -OCH3 is 1. The second-order valence-corrected chi connectivity index (χ2v) is 10.8. The van der Waals surface area contributed by atoms with E-state index < -0.39 is 6.04 Å². The van der Waals surface area contributed by atoms with E-state index in [1.807, 2.05) is 18.4 Å². The summed E-state index contributed by atoms with van der Waals surface area (Å²) in [5.74, 6) is -0.427. The van der Waals surface area contributed by atoms with E-state index >= 15 is 0 Å². The molecule has 0 radical (unpaired) electrons. The summed E-state index contributed by atoms with van der Waals surface area (Å²) in [6.07, 6.45) is 12.6. The fourth-order valence-electron chi connectivity index (χ4n) is 4.86. The molecular formula is C26H34Cl2N2O4S. The van der Waals surface area contributed by atoms with Gasteiger partial charge in [-0.1, -0.05) is 61.4 Å². The largest absolute Gasteiger partial charge is 0.467 e. The third kappa shape index (κ3) is 7.64. The summed E-state index contributed by atoms with van der Waals surface area (Å²) >= 11 is 14.1. The monoisotopic (exact) mass is 540 g/mol. The number of thioether (sulfide) groups is 1. The lowest BCUT2D eigenvalue weighted by atomic mass is 9.84. The smallest absolute Gasteiger partial charge is 0.328 e. The molecule has 1 saturated heterocycles. The number of hydrogen-bond acceptors (Lipinski definition) is 5. The molecule has 1 N–H and O–H groups in total. The van der Waals surface area contributed by atoms with E-state index in [0.717, 1.165) is 17.7 Å². The molecule has 0 bridgehead atoms. The number of nitrogens with one attached hydrogen (secondary N) is 1. The average Bonchev–Trinajstić information content (AvgIpc) is 2.89. The van der Waals surface area contributed by atoms with Gasteiger partial charge in [-0.3, -0.25) is 9.59 Å². The van der Waals surface area contributed by atoms with Crippen LogP contribution >= 0.6 is 35.0 Å². The first-order chi connectivity index (χ1) is 16.8. The molecule has 0 spiro atoms. The normalized spacial score (nSPS) is 18.5. The van der Waals surface area contributed by atoms with E-state index in [0.29, 0.717) is 53.9 Å². The molecule has 2 aliphatic rings. The first kappa shape index (κ1) is 27.9. The van der Waals surface area contributed by atoms with Crippen molar-refractivity contribution in [1.29, 1.82) is 0 Å². The van der Waals surface area contributed by atoms with Crippen LogP contribution in [-0.4, -0.2) is 55.2 Å². The number of piperidine rings is 1. The Morgan fingerprint density at radius 3 is 2.43 bits per heavy atom. The molecule has 0 aromatic heterocycles. The summed E-state index contributed by atoms with van der Waals surface area (Å²) < 4.78 is 4.95. The quantitative estimate of drug-likeness (QED) is 0.264. The number of benzene rings is 1. The SMILES string of the molecule is COC(=O)[C@H](CC1CCCCC1)NC(=O)C1CCN(C(=O)/C=C/c2ccc(SC)c(Cl)c2Cl)CC1. The van der Waals surface area contributed by atoms with Gasteiger partial charge in [0.2, 0.25) is 11.8 Å². The zero-order chi connectivity index (χ0) is 25.4. The van der Waals surface area contributed by atoms with Crippen molar-refractivity contribution >= 4 is 58.8 Å². The number of ether oxygens (including phenoxy) is 1. The topological polar surface area (TPSA) is 75.7 Å². The van der Waals surface area contributed by atoms with Gasteiger partial charge in [-0.15, -0.1) is 11.8 Å². The Bertz CT molecular complexity index is 942. The highest BCUT2D eigenvalue weighted by Gasteiger charge is 2.31. The minimum Gasteiger partial charge on any atom is -0.467 e. The van der Waals surface area contributed by atoms with Crippen LogP contribution in [0.3, 0.4) is 0 Å². The van der Waals surface area contributed by atoms with Crippen LogP contribution in [-0.2, 0) is 19.1 Å². The van der Waals surface area contributed by atoms with E-state index in [1.165, 1.54) is 44.2 Å². The molecule has 1 saturated carbocycles. The fourth-order valence-corrected chi connectivity index (χ4v) is 6.04. The summed E-state index contributed by atoms with van der Waals surface area (Å²) in [6.45, 7) is 0.958. The first-order valence-electron chi connectivity index (χ1n) is 12.2. The maximum Gasteiger partial charge on any atom is 0.328 e. The van der Waals surface area contributed by atoms with Crippen LogP contribution in [0.4, 0.5) is 0 Å². The molecule has 1 atom stereocenters. The molecule has 1 heterocycles. The predicted octanol–water partition coefficient (Wildman–Crippen LogP) is 5.60. The Hall–Kier alpha value is -1.70. The van der Waals surface area contributed by atoms with Crippen molar-refractivity contribution < 1.29 is 19.1 Å².